The van der Waals surface area contributed by atoms with Crippen molar-refractivity contribution in [3.05, 3.63) is 154 Å². The van der Waals surface area contributed by atoms with Gasteiger partial charge in [-0.1, -0.05) is 121 Å². The Morgan fingerprint density at radius 1 is 0.625 bits per heavy atom. The summed E-state index contributed by atoms with van der Waals surface area (Å²) in [5.74, 6) is -0.755. The minimum atomic E-state index is -0.964. The Morgan fingerprint density at radius 2 is 1.12 bits per heavy atom. The maximum atomic E-state index is 13.9. The van der Waals surface area contributed by atoms with Gasteiger partial charge in [0.05, 0.1) is 38.4 Å². The van der Waals surface area contributed by atoms with Gasteiger partial charge in [0.2, 0.25) is 6.29 Å². The molecule has 0 bridgehead atoms. The normalized spacial score (nSPS) is 24.7. The van der Waals surface area contributed by atoms with E-state index < -0.39 is 59.4 Å². The number of rotatable bonds is 15. The van der Waals surface area contributed by atoms with Crippen LogP contribution in [0.25, 0.3) is 0 Å². The van der Waals surface area contributed by atoms with Crippen molar-refractivity contribution in [1.29, 1.82) is 0 Å². The highest BCUT2D eigenvalue weighted by Gasteiger charge is 2.55. The summed E-state index contributed by atoms with van der Waals surface area (Å²) in [7, 11) is 0. The molecule has 0 spiro atoms. The van der Waals surface area contributed by atoms with Crippen LogP contribution in [-0.4, -0.2) is 67.2 Å². The SMILES string of the molecule is CC(C)(C)C(=O)OC[C@H]1OC(=O)C2=C(O[C@H]3O[C@H](COCc4ccccc4)[C@@H](OCc4ccccc4)[C@H](OCc4ccccc4)[C@H]3S2)[C@H]1OCc1ccccc1. The first-order valence-electron chi connectivity index (χ1n) is 18.9. The second-order valence-corrected chi connectivity index (χ2v) is 16.2. The lowest BCUT2D eigenvalue weighted by atomic mass is 9.97. The lowest BCUT2D eigenvalue weighted by Gasteiger charge is -2.49. The van der Waals surface area contributed by atoms with E-state index in [1.165, 1.54) is 11.8 Å². The molecule has 0 aromatic heterocycles. The predicted molar refractivity (Wildman–Crippen MR) is 210 cm³/mol. The first kappa shape index (κ1) is 39.7. The smallest absolute Gasteiger partial charge is 0.348 e. The summed E-state index contributed by atoms with van der Waals surface area (Å²) in [6.07, 6.45) is -4.57. The van der Waals surface area contributed by atoms with Crippen molar-refractivity contribution < 1.29 is 47.5 Å². The van der Waals surface area contributed by atoms with Crippen LogP contribution in [-0.2, 0) is 73.9 Å². The highest BCUT2D eigenvalue weighted by molar-refractivity contribution is 8.04. The average Bonchev–Trinajstić information content (AvgIpc) is 3.21. The summed E-state index contributed by atoms with van der Waals surface area (Å²) in [4.78, 5) is 27.0. The van der Waals surface area contributed by atoms with Crippen LogP contribution in [0.2, 0.25) is 0 Å². The van der Waals surface area contributed by atoms with Gasteiger partial charge < -0.3 is 37.9 Å². The molecule has 7 atom stereocenters. The number of hydrogen-bond donors (Lipinski definition) is 0. The summed E-state index contributed by atoms with van der Waals surface area (Å²) >= 11 is 1.28. The standard InChI is InChI=1S/C45H48O10S/c1-45(2,3)44(47)52-29-35-37(50-26-32-20-12-6-13-21-32)39-40(42(46)53-35)56-41-38(51-27-33-22-14-7-15-23-33)36(49-25-31-18-10-5-11-19-31)34(54-43(41)55-39)28-48-24-30-16-8-4-9-17-30/h4-23,34-38,41,43H,24-29H2,1-3H3/t34-,35-,36-,37+,38+,41-,43-/m1/s1. The topological polar surface area (TPSA) is 108 Å². The monoisotopic (exact) mass is 780 g/mol. The number of ether oxygens (including phenoxy) is 8. The van der Waals surface area contributed by atoms with Gasteiger partial charge in [0, 0.05) is 0 Å². The largest absolute Gasteiger partial charge is 0.464 e. The average molecular weight is 781 g/mol. The minimum absolute atomic E-state index is 0.185. The lowest BCUT2D eigenvalue weighted by molar-refractivity contribution is -0.272. The van der Waals surface area contributed by atoms with Crippen molar-refractivity contribution in [3.63, 3.8) is 0 Å². The minimum Gasteiger partial charge on any atom is -0.464 e. The van der Waals surface area contributed by atoms with Gasteiger partial charge in [-0.2, -0.15) is 0 Å². The van der Waals surface area contributed by atoms with Gasteiger partial charge in [-0.3, -0.25) is 4.79 Å². The Labute approximate surface area is 332 Å². The molecule has 3 aliphatic heterocycles. The van der Waals surface area contributed by atoms with Crippen molar-refractivity contribution in [2.75, 3.05) is 13.2 Å². The zero-order valence-corrected chi connectivity index (χ0v) is 32.6. The summed E-state index contributed by atoms with van der Waals surface area (Å²) < 4.78 is 51.4. The second kappa shape index (κ2) is 18.6. The highest BCUT2D eigenvalue weighted by Crippen LogP contribution is 2.47. The van der Waals surface area contributed by atoms with E-state index in [1.54, 1.807) is 20.8 Å². The van der Waals surface area contributed by atoms with Gasteiger partial charge in [0.25, 0.3) is 0 Å². The van der Waals surface area contributed by atoms with Crippen LogP contribution in [0.4, 0.5) is 0 Å². The van der Waals surface area contributed by atoms with E-state index in [4.69, 9.17) is 37.9 Å². The molecule has 0 aliphatic carbocycles. The molecule has 4 aromatic rings. The predicted octanol–water partition coefficient (Wildman–Crippen LogP) is 7.54. The zero-order valence-electron chi connectivity index (χ0n) is 31.8. The van der Waals surface area contributed by atoms with E-state index in [0.717, 1.165) is 22.3 Å². The maximum absolute atomic E-state index is 13.9. The fraction of sp³-hybridized carbons (Fsp3) is 0.378. The second-order valence-electron chi connectivity index (χ2n) is 15.0. The van der Waals surface area contributed by atoms with E-state index in [9.17, 15) is 9.59 Å². The number of esters is 2. The first-order valence-corrected chi connectivity index (χ1v) is 19.8. The molecule has 3 heterocycles. The molecule has 294 valence electrons. The van der Waals surface area contributed by atoms with Gasteiger partial charge in [-0.05, 0) is 43.0 Å². The highest BCUT2D eigenvalue weighted by atomic mass is 32.2. The maximum Gasteiger partial charge on any atom is 0.348 e. The Balaban J connectivity index is 1.20. The van der Waals surface area contributed by atoms with Crippen molar-refractivity contribution in [2.45, 2.75) is 89.3 Å². The van der Waals surface area contributed by atoms with Gasteiger partial charge >= 0.3 is 11.9 Å². The summed E-state index contributed by atoms with van der Waals surface area (Å²) in [6.45, 7) is 6.43. The molecule has 0 N–H and O–H groups in total. The quantitative estimate of drug-likeness (QED) is 0.112. The van der Waals surface area contributed by atoms with Crippen molar-refractivity contribution in [1.82, 2.24) is 0 Å². The van der Waals surface area contributed by atoms with Gasteiger partial charge in [-0.15, -0.1) is 11.8 Å². The van der Waals surface area contributed by atoms with Crippen molar-refractivity contribution >= 4 is 23.7 Å². The molecule has 56 heavy (non-hydrogen) atoms. The van der Waals surface area contributed by atoms with Crippen LogP contribution in [0.15, 0.2) is 132 Å². The Bertz CT molecular complexity index is 1900. The third-order valence-corrected chi connectivity index (χ3v) is 10.9. The number of thioether (sulfide) groups is 1. The van der Waals surface area contributed by atoms with Crippen molar-refractivity contribution in [2.24, 2.45) is 5.41 Å². The number of fused-ring (bicyclic) bond motifs is 1. The summed E-state index contributed by atoms with van der Waals surface area (Å²) in [5, 5.41) is -0.541. The molecule has 10 nitrogen and oxygen atoms in total. The van der Waals surface area contributed by atoms with Crippen LogP contribution in [0, 0.1) is 5.41 Å². The van der Waals surface area contributed by atoms with E-state index in [1.807, 2.05) is 121 Å². The van der Waals surface area contributed by atoms with Crippen LogP contribution >= 0.6 is 11.8 Å². The number of carbonyl (C=O) groups is 2. The summed E-state index contributed by atoms with van der Waals surface area (Å²) in [6, 6.07) is 39.4. The van der Waals surface area contributed by atoms with E-state index in [0.29, 0.717) is 19.8 Å². The van der Waals surface area contributed by atoms with E-state index in [-0.39, 0.29) is 30.5 Å². The Hall–Kier alpha value is -4.49. The Kier molecular flexibility index (Phi) is 13.2. The molecule has 11 heteroatoms. The fourth-order valence-corrected chi connectivity index (χ4v) is 7.90. The van der Waals surface area contributed by atoms with Crippen LogP contribution in [0.1, 0.15) is 43.0 Å². The molecule has 3 aliphatic rings. The van der Waals surface area contributed by atoms with Gasteiger partial charge in [0.1, 0.15) is 35.1 Å². The molecule has 1 fully saturated rings. The van der Waals surface area contributed by atoms with E-state index >= 15 is 0 Å². The summed E-state index contributed by atoms with van der Waals surface area (Å²) in [5.41, 5.74) is 3.16. The molecular formula is C45H48O10S. The van der Waals surface area contributed by atoms with Crippen molar-refractivity contribution in [3.8, 4) is 0 Å². The molecule has 0 saturated carbocycles. The number of carbonyl (C=O) groups excluding carboxylic acids is 2. The molecule has 0 radical (unpaired) electrons. The number of hydrogen-bond acceptors (Lipinski definition) is 11. The Morgan fingerprint density at radius 3 is 1.66 bits per heavy atom. The molecule has 0 amide bonds. The van der Waals surface area contributed by atoms with Crippen LogP contribution in [0.5, 0.6) is 0 Å². The number of benzene rings is 4. The fourth-order valence-electron chi connectivity index (χ4n) is 6.60. The molecule has 0 unspecified atom stereocenters. The zero-order chi connectivity index (χ0) is 38.9. The molecular weight excluding hydrogens is 733 g/mol. The molecule has 1 saturated heterocycles. The van der Waals surface area contributed by atoms with E-state index in [2.05, 4.69) is 0 Å². The van der Waals surface area contributed by atoms with Crippen LogP contribution < -0.4 is 0 Å². The first-order chi connectivity index (χ1) is 27.2. The molecule has 4 aromatic carbocycles. The lowest BCUT2D eigenvalue weighted by Crippen LogP contribution is -2.62. The third-order valence-electron chi connectivity index (χ3n) is 9.58. The number of cyclic esters (lactones) is 1. The van der Waals surface area contributed by atoms with Crippen LogP contribution in [0.3, 0.4) is 0 Å². The van der Waals surface area contributed by atoms with Gasteiger partial charge in [-0.25, -0.2) is 4.79 Å². The van der Waals surface area contributed by atoms with Gasteiger partial charge in [0.15, 0.2) is 18.0 Å². The molecule has 7 rings (SSSR count). The third kappa shape index (κ3) is 10.1.